The molecule has 1 saturated heterocycles. The molecule has 0 spiro atoms. The van der Waals surface area contributed by atoms with E-state index in [1.54, 1.807) is 26.0 Å². The molecular formula is C18H17FN2O4. The van der Waals surface area contributed by atoms with Gasteiger partial charge in [0.15, 0.2) is 11.7 Å². The zero-order valence-corrected chi connectivity index (χ0v) is 13.9. The molecule has 7 heteroatoms. The van der Waals surface area contributed by atoms with Crippen LogP contribution in [0.1, 0.15) is 35.8 Å². The molecule has 1 atom stereocenters. The molecule has 0 radical (unpaired) electrons. The second-order valence-corrected chi connectivity index (χ2v) is 6.26. The standard InChI is InChI=1S/C18H17FN2O4/c1-10(2)21-8-13(17(23)18(21)24)16(22)14-9-25-15(20-14)7-11-3-5-12(19)6-4-11/h3-6,9-10,13H,7-8H2,1-2H3. The third-order valence-corrected chi connectivity index (χ3v) is 4.18. The van der Waals surface area contributed by atoms with Gasteiger partial charge >= 0.3 is 0 Å². The third kappa shape index (κ3) is 3.35. The number of aromatic nitrogens is 1. The number of nitrogens with zero attached hydrogens (tertiary/aromatic N) is 2. The lowest BCUT2D eigenvalue weighted by atomic mass is 10.00. The van der Waals surface area contributed by atoms with Crippen LogP contribution in [-0.4, -0.2) is 39.9 Å². The zero-order chi connectivity index (χ0) is 18.1. The number of rotatable bonds is 5. The van der Waals surface area contributed by atoms with Gasteiger partial charge in [-0.15, -0.1) is 0 Å². The first-order valence-electron chi connectivity index (χ1n) is 7.94. The highest BCUT2D eigenvalue weighted by Crippen LogP contribution is 2.21. The monoisotopic (exact) mass is 344 g/mol. The van der Waals surface area contributed by atoms with E-state index in [0.29, 0.717) is 6.42 Å². The molecule has 1 fully saturated rings. The molecule has 25 heavy (non-hydrogen) atoms. The minimum absolute atomic E-state index is 0.0221. The Morgan fingerprint density at radius 2 is 2.00 bits per heavy atom. The van der Waals surface area contributed by atoms with Crippen molar-refractivity contribution in [2.24, 2.45) is 5.92 Å². The maximum Gasteiger partial charge on any atom is 0.291 e. The number of carbonyl (C=O) groups excluding carboxylic acids is 3. The maximum absolute atomic E-state index is 12.9. The number of amides is 1. The number of likely N-dealkylation sites (tertiary alicyclic amines) is 1. The zero-order valence-electron chi connectivity index (χ0n) is 13.9. The van der Waals surface area contributed by atoms with Crippen molar-refractivity contribution >= 4 is 17.5 Å². The Bertz CT molecular complexity index is 826. The van der Waals surface area contributed by atoms with Gasteiger partial charge in [0, 0.05) is 19.0 Å². The fourth-order valence-electron chi connectivity index (χ4n) is 2.76. The normalized spacial score (nSPS) is 17.6. The minimum Gasteiger partial charge on any atom is -0.448 e. The summed E-state index contributed by atoms with van der Waals surface area (Å²) in [5.41, 5.74) is 0.800. The first-order chi connectivity index (χ1) is 11.9. The average molecular weight is 344 g/mol. The third-order valence-electron chi connectivity index (χ3n) is 4.18. The van der Waals surface area contributed by atoms with E-state index in [4.69, 9.17) is 4.42 Å². The van der Waals surface area contributed by atoms with Crippen LogP contribution in [0.4, 0.5) is 4.39 Å². The molecule has 1 aliphatic heterocycles. The largest absolute Gasteiger partial charge is 0.448 e. The summed E-state index contributed by atoms with van der Waals surface area (Å²) in [4.78, 5) is 42.0. The van der Waals surface area contributed by atoms with Crippen molar-refractivity contribution in [3.63, 3.8) is 0 Å². The van der Waals surface area contributed by atoms with Crippen LogP contribution in [0, 0.1) is 11.7 Å². The maximum atomic E-state index is 12.9. The van der Waals surface area contributed by atoms with Crippen LogP contribution in [0.3, 0.4) is 0 Å². The summed E-state index contributed by atoms with van der Waals surface area (Å²) >= 11 is 0. The van der Waals surface area contributed by atoms with Crippen molar-refractivity contribution in [1.29, 1.82) is 0 Å². The molecule has 0 N–H and O–H groups in total. The summed E-state index contributed by atoms with van der Waals surface area (Å²) in [6, 6.07) is 5.70. The first kappa shape index (κ1) is 17.0. The summed E-state index contributed by atoms with van der Waals surface area (Å²) in [5, 5.41) is 0. The molecule has 0 saturated carbocycles. The summed E-state index contributed by atoms with van der Waals surface area (Å²) in [7, 11) is 0. The highest BCUT2D eigenvalue weighted by molar-refractivity contribution is 6.43. The summed E-state index contributed by atoms with van der Waals surface area (Å²) < 4.78 is 18.2. The van der Waals surface area contributed by atoms with Crippen LogP contribution < -0.4 is 0 Å². The lowest BCUT2D eigenvalue weighted by Crippen LogP contribution is -2.33. The van der Waals surface area contributed by atoms with Crippen molar-refractivity contribution in [3.8, 4) is 0 Å². The van der Waals surface area contributed by atoms with Crippen LogP contribution in [0.5, 0.6) is 0 Å². The number of carbonyl (C=O) groups is 3. The predicted molar refractivity (Wildman–Crippen MR) is 85.4 cm³/mol. The molecule has 3 rings (SSSR count). The second kappa shape index (κ2) is 6.58. The number of hydrogen-bond acceptors (Lipinski definition) is 5. The van der Waals surface area contributed by atoms with E-state index in [0.717, 1.165) is 5.56 Å². The van der Waals surface area contributed by atoms with Gasteiger partial charge < -0.3 is 9.32 Å². The van der Waals surface area contributed by atoms with Crippen molar-refractivity contribution in [2.75, 3.05) is 6.54 Å². The van der Waals surface area contributed by atoms with Gasteiger partial charge in [-0.25, -0.2) is 9.37 Å². The molecule has 0 aliphatic carbocycles. The summed E-state index contributed by atoms with van der Waals surface area (Å²) in [6.45, 7) is 3.64. The Balaban J connectivity index is 1.73. The van der Waals surface area contributed by atoms with Crippen LogP contribution >= 0.6 is 0 Å². The first-order valence-corrected chi connectivity index (χ1v) is 7.94. The number of ketones is 2. The lowest BCUT2D eigenvalue weighted by molar-refractivity contribution is -0.141. The van der Waals surface area contributed by atoms with Gasteiger partial charge in [0.05, 0.1) is 0 Å². The Labute approximate surface area is 143 Å². The molecule has 2 heterocycles. The predicted octanol–water partition coefficient (Wildman–Crippen LogP) is 2.02. The molecule has 2 aromatic rings. The SMILES string of the molecule is CC(C)N1CC(C(=O)c2coc(Cc3ccc(F)cc3)n2)C(=O)C1=O. The van der Waals surface area contributed by atoms with E-state index in [1.165, 1.54) is 23.3 Å². The van der Waals surface area contributed by atoms with E-state index in [1.807, 2.05) is 0 Å². The van der Waals surface area contributed by atoms with Crippen molar-refractivity contribution in [1.82, 2.24) is 9.88 Å². The van der Waals surface area contributed by atoms with E-state index in [9.17, 15) is 18.8 Å². The van der Waals surface area contributed by atoms with E-state index in [-0.39, 0.29) is 30.0 Å². The minimum atomic E-state index is -1.04. The van der Waals surface area contributed by atoms with Crippen LogP contribution in [-0.2, 0) is 16.0 Å². The van der Waals surface area contributed by atoms with Gasteiger partial charge in [0.25, 0.3) is 5.91 Å². The lowest BCUT2D eigenvalue weighted by Gasteiger charge is -2.19. The summed E-state index contributed by atoms with van der Waals surface area (Å²) in [5.74, 6) is -2.96. The fourth-order valence-corrected chi connectivity index (χ4v) is 2.76. The van der Waals surface area contributed by atoms with E-state index in [2.05, 4.69) is 4.98 Å². The Hall–Kier alpha value is -2.83. The summed E-state index contributed by atoms with van der Waals surface area (Å²) in [6.07, 6.45) is 1.49. The number of halogens is 1. The van der Waals surface area contributed by atoms with E-state index >= 15 is 0 Å². The molecular weight excluding hydrogens is 327 g/mol. The van der Waals surface area contributed by atoms with Gasteiger partial charge in [-0.2, -0.15) is 0 Å². The van der Waals surface area contributed by atoms with Crippen molar-refractivity contribution < 1.29 is 23.2 Å². The molecule has 1 unspecified atom stereocenters. The highest BCUT2D eigenvalue weighted by Gasteiger charge is 2.44. The molecule has 0 bridgehead atoms. The molecule has 1 amide bonds. The molecule has 6 nitrogen and oxygen atoms in total. The van der Waals surface area contributed by atoms with Gasteiger partial charge in [-0.1, -0.05) is 12.1 Å². The van der Waals surface area contributed by atoms with Gasteiger partial charge in [-0.3, -0.25) is 14.4 Å². The Morgan fingerprint density at radius 3 is 2.60 bits per heavy atom. The van der Waals surface area contributed by atoms with Crippen LogP contribution in [0.25, 0.3) is 0 Å². The second-order valence-electron chi connectivity index (χ2n) is 6.26. The fraction of sp³-hybridized carbons (Fsp3) is 0.333. The Morgan fingerprint density at radius 1 is 1.32 bits per heavy atom. The number of oxazole rings is 1. The van der Waals surface area contributed by atoms with Gasteiger partial charge in [-0.05, 0) is 31.5 Å². The topological polar surface area (TPSA) is 80.5 Å². The quantitative estimate of drug-likeness (QED) is 0.471. The molecule has 1 aromatic carbocycles. The van der Waals surface area contributed by atoms with Crippen molar-refractivity contribution in [2.45, 2.75) is 26.3 Å². The molecule has 130 valence electrons. The van der Waals surface area contributed by atoms with Crippen molar-refractivity contribution in [3.05, 3.63) is 53.5 Å². The van der Waals surface area contributed by atoms with Gasteiger partial charge in [0.2, 0.25) is 5.78 Å². The Kier molecular flexibility index (Phi) is 4.48. The average Bonchev–Trinajstić information content (AvgIpc) is 3.15. The van der Waals surface area contributed by atoms with Crippen LogP contribution in [0.15, 0.2) is 34.9 Å². The number of benzene rings is 1. The van der Waals surface area contributed by atoms with Crippen LogP contribution in [0.2, 0.25) is 0 Å². The number of Topliss-reactive ketones (excluding diaryl/α,β-unsaturated/α-hetero) is 2. The molecule has 1 aromatic heterocycles. The number of hydrogen-bond donors (Lipinski definition) is 0. The van der Waals surface area contributed by atoms with E-state index < -0.39 is 23.4 Å². The highest BCUT2D eigenvalue weighted by atomic mass is 19.1. The smallest absolute Gasteiger partial charge is 0.291 e. The van der Waals surface area contributed by atoms with Gasteiger partial charge in [0.1, 0.15) is 23.7 Å². The molecule has 1 aliphatic rings.